The minimum absolute atomic E-state index is 0.00357. The predicted molar refractivity (Wildman–Crippen MR) is 138 cm³/mol. The third-order valence-corrected chi connectivity index (χ3v) is 3.82. The minimum atomic E-state index is -0.224. The van der Waals surface area contributed by atoms with Crippen LogP contribution in [0.4, 0.5) is 0 Å². The molecule has 180 valence electrons. The highest BCUT2D eigenvalue weighted by atomic mass is 16.5. The molecule has 0 aliphatic heterocycles. The van der Waals surface area contributed by atoms with Crippen molar-refractivity contribution in [2.24, 2.45) is 10.8 Å². The van der Waals surface area contributed by atoms with Gasteiger partial charge in [-0.2, -0.15) is 0 Å². The number of hydrogen-bond acceptors (Lipinski definition) is 3. The summed E-state index contributed by atoms with van der Waals surface area (Å²) in [5, 5.41) is 6.22. The van der Waals surface area contributed by atoms with Crippen molar-refractivity contribution in [2.45, 2.75) is 94.2 Å². The van der Waals surface area contributed by atoms with Crippen LogP contribution < -0.4 is 10.6 Å². The average molecular weight is 443 g/mol. The first-order valence-electron chi connectivity index (χ1n) is 11.3. The summed E-state index contributed by atoms with van der Waals surface area (Å²) in [4.78, 5) is 12.4. The maximum absolute atomic E-state index is 12.4. The lowest BCUT2D eigenvalue weighted by molar-refractivity contribution is -0.119. The van der Waals surface area contributed by atoms with Crippen molar-refractivity contribution < 1.29 is 9.53 Å². The van der Waals surface area contributed by atoms with E-state index in [1.165, 1.54) is 0 Å². The molecule has 0 aliphatic rings. The zero-order chi connectivity index (χ0) is 25.2. The van der Waals surface area contributed by atoms with Gasteiger partial charge >= 0.3 is 0 Å². The highest BCUT2D eigenvalue weighted by Crippen LogP contribution is 2.28. The topological polar surface area (TPSA) is 50.4 Å². The van der Waals surface area contributed by atoms with Gasteiger partial charge in [-0.15, -0.1) is 0 Å². The molecule has 4 heteroatoms. The molecule has 0 heterocycles. The molecule has 1 aromatic rings. The van der Waals surface area contributed by atoms with E-state index in [2.05, 4.69) is 85.0 Å². The first kappa shape index (κ1) is 29.8. The number of amides is 1. The van der Waals surface area contributed by atoms with Gasteiger partial charge in [-0.3, -0.25) is 10.1 Å². The van der Waals surface area contributed by atoms with Gasteiger partial charge in [0.05, 0.1) is 0 Å². The zero-order valence-corrected chi connectivity index (χ0v) is 22.5. The Hall–Kier alpha value is -2.25. The van der Waals surface area contributed by atoms with Crippen molar-refractivity contribution in [3.63, 3.8) is 0 Å². The van der Waals surface area contributed by atoms with Gasteiger partial charge in [0.1, 0.15) is 6.11 Å². The fourth-order valence-corrected chi connectivity index (χ4v) is 2.22. The number of carbonyl (C=O) groups is 1. The molecule has 0 unspecified atom stereocenters. The fourth-order valence-electron chi connectivity index (χ4n) is 2.22. The third-order valence-electron chi connectivity index (χ3n) is 3.82. The van der Waals surface area contributed by atoms with Gasteiger partial charge in [-0.25, -0.2) is 0 Å². The summed E-state index contributed by atoms with van der Waals surface area (Å²) >= 11 is 0. The first-order valence-corrected chi connectivity index (χ1v) is 11.3. The molecule has 1 amide bonds. The Morgan fingerprint density at radius 3 is 1.81 bits per heavy atom. The summed E-state index contributed by atoms with van der Waals surface area (Å²) in [6, 6.07) is 9.96. The number of nitrogens with one attached hydrogen (secondary N) is 2. The first-order chi connectivity index (χ1) is 14.3. The smallest absolute Gasteiger partial charge is 0.248 e. The average Bonchev–Trinajstić information content (AvgIpc) is 2.56. The lowest BCUT2D eigenvalue weighted by atomic mass is 9.84. The van der Waals surface area contributed by atoms with Gasteiger partial charge in [0.25, 0.3) is 0 Å². The maximum Gasteiger partial charge on any atom is 0.248 e. The van der Waals surface area contributed by atoms with E-state index >= 15 is 0 Å². The standard InChI is InChI=1S/C17H25NO.C11H21NO/c1-16(2,3)14(15(19)18-17(4,5)6)12-13-10-8-7-9-11-13;1-10(2,3)7-8-13-9-12-11(4,5)6/h7-12H,1-6H3,(H,18,19);12H,9H2,1-6H3/b14-12-;. The lowest BCUT2D eigenvalue weighted by Crippen LogP contribution is -2.43. The van der Waals surface area contributed by atoms with E-state index in [4.69, 9.17) is 4.74 Å². The van der Waals surface area contributed by atoms with Crippen molar-refractivity contribution in [1.29, 1.82) is 0 Å². The SMILES string of the molecule is CC(C)(C)C#COCNC(C)(C)C.CC(C)(C)NC(=O)/C(=C/c1ccccc1)C(C)(C)C. The monoisotopic (exact) mass is 442 g/mol. The van der Waals surface area contributed by atoms with Crippen LogP contribution in [0.3, 0.4) is 0 Å². The molecule has 0 fully saturated rings. The summed E-state index contributed by atoms with van der Waals surface area (Å²) in [5.74, 6) is 3.00. The highest BCUT2D eigenvalue weighted by Gasteiger charge is 2.26. The number of benzene rings is 1. The summed E-state index contributed by atoms with van der Waals surface area (Å²) in [6.45, 7) is 25.1. The van der Waals surface area contributed by atoms with E-state index in [1.807, 2.05) is 57.2 Å². The van der Waals surface area contributed by atoms with Gasteiger partial charge in [0.2, 0.25) is 5.91 Å². The lowest BCUT2D eigenvalue weighted by Gasteiger charge is -2.27. The molecule has 0 saturated carbocycles. The second-order valence-electron chi connectivity index (χ2n) is 12.1. The van der Waals surface area contributed by atoms with E-state index in [9.17, 15) is 4.79 Å². The number of carbonyl (C=O) groups excluding carboxylic acids is 1. The van der Waals surface area contributed by atoms with Crippen LogP contribution in [-0.4, -0.2) is 23.7 Å². The third kappa shape index (κ3) is 16.4. The largest absolute Gasteiger partial charge is 0.431 e. The van der Waals surface area contributed by atoms with Gasteiger partial charge < -0.3 is 10.1 Å². The Morgan fingerprint density at radius 2 is 1.41 bits per heavy atom. The molecule has 1 rings (SSSR count). The molecule has 0 spiro atoms. The van der Waals surface area contributed by atoms with Crippen molar-refractivity contribution in [2.75, 3.05) is 6.73 Å². The van der Waals surface area contributed by atoms with Crippen molar-refractivity contribution in [3.05, 3.63) is 41.5 Å². The molecule has 0 saturated heterocycles. The zero-order valence-electron chi connectivity index (χ0n) is 22.5. The van der Waals surface area contributed by atoms with E-state index < -0.39 is 0 Å². The summed E-state index contributed by atoms with van der Waals surface area (Å²) < 4.78 is 5.11. The van der Waals surface area contributed by atoms with Gasteiger partial charge in [-0.1, -0.05) is 57.0 Å². The summed E-state index contributed by atoms with van der Waals surface area (Å²) in [5.41, 5.74) is 1.54. The van der Waals surface area contributed by atoms with Crippen LogP contribution in [0.25, 0.3) is 6.08 Å². The Labute approximate surface area is 197 Å². The van der Waals surface area contributed by atoms with Crippen molar-refractivity contribution in [3.8, 4) is 12.0 Å². The second-order valence-corrected chi connectivity index (χ2v) is 12.1. The Kier molecular flexibility index (Phi) is 11.3. The van der Waals surface area contributed by atoms with Crippen LogP contribution in [0.15, 0.2) is 35.9 Å². The number of hydrogen-bond donors (Lipinski definition) is 2. The Bertz CT molecular complexity index is 785. The van der Waals surface area contributed by atoms with Crippen LogP contribution >= 0.6 is 0 Å². The summed E-state index contributed by atoms with van der Waals surface area (Å²) in [6.07, 6.45) is 4.66. The molecule has 1 aromatic carbocycles. The number of ether oxygens (including phenoxy) is 1. The molecule has 0 radical (unpaired) electrons. The molecule has 2 N–H and O–H groups in total. The van der Waals surface area contributed by atoms with Crippen molar-refractivity contribution in [1.82, 2.24) is 10.6 Å². The Morgan fingerprint density at radius 1 is 0.875 bits per heavy atom. The van der Waals surface area contributed by atoms with Gasteiger partial charge in [0, 0.05) is 22.1 Å². The molecule has 4 nitrogen and oxygen atoms in total. The molecule has 0 bridgehead atoms. The normalized spacial score (nSPS) is 12.7. The molecular weight excluding hydrogens is 396 g/mol. The molecule has 0 aromatic heterocycles. The minimum Gasteiger partial charge on any atom is -0.431 e. The molecule has 32 heavy (non-hydrogen) atoms. The predicted octanol–water partition coefficient (Wildman–Crippen LogP) is 6.39. The molecule has 0 atom stereocenters. The van der Waals surface area contributed by atoms with E-state index in [1.54, 1.807) is 0 Å². The van der Waals surface area contributed by atoms with Crippen LogP contribution in [0.5, 0.6) is 0 Å². The molecule has 0 aliphatic carbocycles. The fraction of sp³-hybridized carbons (Fsp3) is 0.607. The maximum atomic E-state index is 12.4. The van der Waals surface area contributed by atoms with E-state index in [-0.39, 0.29) is 27.8 Å². The van der Waals surface area contributed by atoms with Crippen LogP contribution in [-0.2, 0) is 9.53 Å². The van der Waals surface area contributed by atoms with E-state index in [0.717, 1.165) is 11.1 Å². The van der Waals surface area contributed by atoms with Crippen LogP contribution in [0.1, 0.15) is 88.6 Å². The van der Waals surface area contributed by atoms with Crippen molar-refractivity contribution >= 4 is 12.0 Å². The quantitative estimate of drug-likeness (QED) is 0.246. The van der Waals surface area contributed by atoms with E-state index in [0.29, 0.717) is 6.73 Å². The summed E-state index contributed by atoms with van der Waals surface area (Å²) in [7, 11) is 0. The van der Waals surface area contributed by atoms with Gasteiger partial charge in [0.15, 0.2) is 6.73 Å². The Balaban J connectivity index is 0.000000649. The highest BCUT2D eigenvalue weighted by molar-refractivity contribution is 5.99. The van der Waals surface area contributed by atoms with Crippen LogP contribution in [0.2, 0.25) is 0 Å². The number of rotatable bonds is 4. The van der Waals surface area contributed by atoms with Gasteiger partial charge in [-0.05, 0) is 79.4 Å². The van der Waals surface area contributed by atoms with Crippen LogP contribution in [0, 0.1) is 22.9 Å². The second kappa shape index (κ2) is 12.1. The molecular formula is C28H46N2O2.